The van der Waals surface area contributed by atoms with Crippen LogP contribution in [0.15, 0.2) is 84.4 Å². The normalized spacial score (nSPS) is 11.2. The van der Waals surface area contributed by atoms with E-state index in [1.165, 1.54) is 0 Å². The first kappa shape index (κ1) is 32.7. The molecule has 0 saturated carbocycles. The number of nitrogens with two attached hydrogens (primary N) is 1. The van der Waals surface area contributed by atoms with Crippen LogP contribution >= 0.6 is 0 Å². The summed E-state index contributed by atoms with van der Waals surface area (Å²) in [7, 11) is 0. The second-order valence-corrected chi connectivity index (χ2v) is 8.12. The molecule has 0 spiro atoms. The number of rotatable bonds is 9. The quantitative estimate of drug-likeness (QED) is 0.101. The summed E-state index contributed by atoms with van der Waals surface area (Å²) < 4.78 is 10.6. The van der Waals surface area contributed by atoms with Gasteiger partial charge in [0.2, 0.25) is 5.91 Å². The second kappa shape index (κ2) is 15.8. The average molecular weight is 731 g/mol. The van der Waals surface area contributed by atoms with Gasteiger partial charge >= 0.3 is 11.9 Å². The number of benzene rings is 3. The summed E-state index contributed by atoms with van der Waals surface area (Å²) in [6, 6.07) is 21.2. The van der Waals surface area contributed by atoms with E-state index in [2.05, 4.69) is 5.32 Å². The Labute approximate surface area is 256 Å². The van der Waals surface area contributed by atoms with Gasteiger partial charge in [-0.25, -0.2) is 9.59 Å². The minimum Gasteiger partial charge on any atom is -0.460 e. The van der Waals surface area contributed by atoms with Crippen molar-refractivity contribution in [2.75, 3.05) is 6.61 Å². The van der Waals surface area contributed by atoms with Gasteiger partial charge in [0, 0.05) is 55.2 Å². The molecule has 10 heteroatoms. The number of ether oxygens (including phenoxy) is 2. The molecule has 0 unspecified atom stereocenters. The zero-order valence-corrected chi connectivity index (χ0v) is 25.8. The molecule has 0 saturated heterocycles. The molecule has 1 amide bonds. The van der Waals surface area contributed by atoms with Crippen LogP contribution in [-0.4, -0.2) is 41.8 Å². The molecule has 9 nitrogen and oxygen atoms in total. The summed E-state index contributed by atoms with van der Waals surface area (Å²) in [6.07, 6.45) is 1.69. The van der Waals surface area contributed by atoms with Gasteiger partial charge in [0.25, 0.3) is 0 Å². The first-order valence-electron chi connectivity index (χ1n) is 11.2. The number of amides is 1. The van der Waals surface area contributed by atoms with Crippen molar-refractivity contribution in [2.45, 2.75) is 19.9 Å². The van der Waals surface area contributed by atoms with Crippen LogP contribution in [0.5, 0.6) is 5.75 Å². The number of hydrogen-bond donors (Lipinski definition) is 3. The van der Waals surface area contributed by atoms with E-state index in [9.17, 15) is 14.4 Å². The fraction of sp³-hybridized carbons (Fsp3) is 0.143. The van der Waals surface area contributed by atoms with Crippen molar-refractivity contribution in [1.82, 2.24) is 5.32 Å². The number of amidine groups is 1. The van der Waals surface area contributed by atoms with Crippen molar-refractivity contribution in [2.24, 2.45) is 5.73 Å². The summed E-state index contributed by atoms with van der Waals surface area (Å²) in [5.41, 5.74) is 7.94. The number of esters is 2. The molecule has 3 aromatic rings. The molecule has 3 rings (SSSR count). The Hall–Kier alpha value is -3.32. The van der Waals surface area contributed by atoms with Gasteiger partial charge in [-0.1, -0.05) is 30.3 Å². The average Bonchev–Trinajstić information content (AvgIpc) is 2.88. The molecule has 0 aliphatic carbocycles. The Balaban J connectivity index is 0.00000361. The van der Waals surface area contributed by atoms with Gasteiger partial charge in [0.1, 0.15) is 18.2 Å². The van der Waals surface area contributed by atoms with Crippen LogP contribution in [0.3, 0.4) is 0 Å². The molecule has 0 aromatic heterocycles. The van der Waals surface area contributed by atoms with E-state index in [4.69, 9.17) is 20.6 Å². The van der Waals surface area contributed by atoms with E-state index in [0.29, 0.717) is 28.0 Å². The van der Waals surface area contributed by atoms with Crippen LogP contribution in [0.2, 0.25) is 0 Å². The van der Waals surface area contributed by atoms with Crippen LogP contribution in [0.1, 0.15) is 45.7 Å². The van der Waals surface area contributed by atoms with Crippen LogP contribution in [0.4, 0.5) is 0 Å². The van der Waals surface area contributed by atoms with Gasteiger partial charge in [0.15, 0.2) is 0 Å². The van der Waals surface area contributed by atoms with Crippen molar-refractivity contribution >= 4 is 29.8 Å². The minimum absolute atomic E-state index is 0. The predicted molar refractivity (Wildman–Crippen MR) is 140 cm³/mol. The third-order valence-corrected chi connectivity index (χ3v) is 5.11. The largest absolute Gasteiger partial charge is 0.460 e. The molecule has 1 atom stereocenters. The predicted octanol–water partition coefficient (Wildman–Crippen LogP) is 3.13. The maximum Gasteiger partial charge on any atom is 0.343 e. The number of nitrogen functional groups attached to an aromatic ring is 1. The standard InChI is InChI=1S/C28H27N3O5.Ac.H2O/c1-18(26(32)31-19(2)17-35-27(33)22-6-4-3-5-7-22)16-20-8-10-23(11-9-20)28(34)36-24-14-12-21(13-15-24)25(29)30;;/h3-16,19H,17H2,1-2H3,(H3,29,30)(H,31,32);;1H2/b18-16+;;/t19-;;/m1../s1. The van der Waals surface area contributed by atoms with Crippen LogP contribution < -0.4 is 15.8 Å². The molecule has 1 radical (unpaired) electrons. The maximum atomic E-state index is 12.5. The van der Waals surface area contributed by atoms with Crippen molar-refractivity contribution in [3.63, 3.8) is 0 Å². The zero-order valence-electron chi connectivity index (χ0n) is 21.1. The topological polar surface area (TPSA) is 163 Å². The van der Waals surface area contributed by atoms with E-state index in [1.807, 2.05) is 6.07 Å². The van der Waals surface area contributed by atoms with Crippen molar-refractivity contribution in [3.05, 3.63) is 107 Å². The molecule has 0 aliphatic rings. The van der Waals surface area contributed by atoms with Crippen molar-refractivity contribution in [1.29, 1.82) is 5.41 Å². The molecule has 0 bridgehead atoms. The fourth-order valence-corrected chi connectivity index (χ4v) is 3.14. The number of nitrogens with one attached hydrogen (secondary N) is 2. The van der Waals surface area contributed by atoms with Gasteiger partial charge in [0.05, 0.1) is 17.2 Å². The van der Waals surface area contributed by atoms with Gasteiger partial charge in [-0.3, -0.25) is 10.2 Å². The Morgan fingerprint density at radius 1 is 0.895 bits per heavy atom. The summed E-state index contributed by atoms with van der Waals surface area (Å²) in [6.45, 7) is 3.46. The van der Waals surface area contributed by atoms with Gasteiger partial charge in [-0.15, -0.1) is 0 Å². The summed E-state index contributed by atoms with van der Waals surface area (Å²) in [5, 5.41) is 10.2. The molecule has 38 heavy (non-hydrogen) atoms. The van der Waals surface area contributed by atoms with E-state index in [-0.39, 0.29) is 73.9 Å². The van der Waals surface area contributed by atoms with Gasteiger partial charge in [-0.05, 0) is 74.0 Å². The zero-order chi connectivity index (χ0) is 26.1. The summed E-state index contributed by atoms with van der Waals surface area (Å²) in [5.74, 6) is -1.01. The molecular formula is C28H29AcN3O6. The SMILES string of the molecule is C/C(=C\c1ccc(C(=O)Oc2ccc(C(=N)N)cc2)cc1)C(=O)N[C@H](C)COC(=O)c1ccccc1.O.[Ac]. The summed E-state index contributed by atoms with van der Waals surface area (Å²) in [4.78, 5) is 36.9. The van der Waals surface area contributed by atoms with E-state index < -0.39 is 11.9 Å². The van der Waals surface area contributed by atoms with Gasteiger partial charge in [-0.2, -0.15) is 0 Å². The monoisotopic (exact) mass is 730 g/mol. The molecule has 0 fully saturated rings. The first-order valence-corrected chi connectivity index (χ1v) is 11.2. The first-order chi connectivity index (χ1) is 17.2. The number of carbonyl (C=O) groups is 3. The minimum atomic E-state index is -0.533. The smallest absolute Gasteiger partial charge is 0.343 e. The van der Waals surface area contributed by atoms with Crippen LogP contribution in [0, 0.1) is 49.5 Å². The molecule has 0 heterocycles. The van der Waals surface area contributed by atoms with E-state index in [0.717, 1.165) is 5.56 Å². The Bertz CT molecular complexity index is 1280. The Morgan fingerprint density at radius 3 is 2.03 bits per heavy atom. The Morgan fingerprint density at radius 2 is 1.45 bits per heavy atom. The van der Waals surface area contributed by atoms with Crippen molar-refractivity contribution in [3.8, 4) is 5.75 Å². The molecule has 0 aliphatic heterocycles. The van der Waals surface area contributed by atoms with Crippen LogP contribution in [0.25, 0.3) is 6.08 Å². The summed E-state index contributed by atoms with van der Waals surface area (Å²) >= 11 is 0. The van der Waals surface area contributed by atoms with Gasteiger partial charge < -0.3 is 26.0 Å². The second-order valence-electron chi connectivity index (χ2n) is 8.12. The molecule has 195 valence electrons. The number of carbonyl (C=O) groups excluding carboxylic acids is 3. The molecule has 6 N–H and O–H groups in total. The fourth-order valence-electron chi connectivity index (χ4n) is 3.14. The third-order valence-electron chi connectivity index (χ3n) is 5.11. The Kier molecular flexibility index (Phi) is 13.6. The van der Waals surface area contributed by atoms with E-state index >= 15 is 0 Å². The van der Waals surface area contributed by atoms with Crippen LogP contribution in [-0.2, 0) is 9.53 Å². The molecule has 3 aromatic carbocycles. The molecular weight excluding hydrogens is 701 g/mol. The van der Waals surface area contributed by atoms with E-state index in [1.54, 1.807) is 92.7 Å². The number of hydrogen-bond acceptors (Lipinski definition) is 6. The maximum absolute atomic E-state index is 12.5. The third kappa shape index (κ3) is 9.86. The van der Waals surface area contributed by atoms with Crippen molar-refractivity contribution < 1.29 is 73.4 Å².